The van der Waals surface area contributed by atoms with Crippen LogP contribution in [-0.2, 0) is 6.42 Å². The third-order valence-electron chi connectivity index (χ3n) is 5.67. The molecular weight excluding hydrogens is 376 g/mol. The molecule has 4 nitrogen and oxygen atoms in total. The second-order valence-electron chi connectivity index (χ2n) is 9.01. The maximum Gasteiger partial charge on any atom is 0.201 e. The van der Waals surface area contributed by atoms with Crippen molar-refractivity contribution < 1.29 is 14.6 Å². The maximum absolute atomic E-state index is 13.7. The number of hydrogen-bond donors (Lipinski definition) is 2. The van der Waals surface area contributed by atoms with Crippen LogP contribution in [0.4, 0.5) is 0 Å². The summed E-state index contributed by atoms with van der Waals surface area (Å²) < 4.78 is 6.03. The van der Waals surface area contributed by atoms with Crippen molar-refractivity contribution in [2.75, 3.05) is 0 Å². The van der Waals surface area contributed by atoms with Gasteiger partial charge in [0, 0.05) is 17.0 Å². The molecule has 0 unspecified atom stereocenters. The van der Waals surface area contributed by atoms with E-state index in [9.17, 15) is 15.0 Å². The van der Waals surface area contributed by atoms with E-state index in [4.69, 9.17) is 4.42 Å². The molecule has 1 aliphatic heterocycles. The minimum atomic E-state index is -0.258. The first-order chi connectivity index (χ1) is 14.1. The Balaban J connectivity index is 2.31. The molecule has 0 atom stereocenters. The normalized spacial score (nSPS) is 16.0. The van der Waals surface area contributed by atoms with Gasteiger partial charge < -0.3 is 14.6 Å². The monoisotopic (exact) mass is 402 g/mol. The standard InChI is InChI=1S/C26H26O4/c1-14(2)23(28)21-18-10-11-26(4,5)13-20(18)25-22(24(21)29)19(12-15(3)30-25)16-6-8-17(27)9-7-16/h6-12,14,27-28H,3,13H2,1-2,4-5H3. The summed E-state index contributed by atoms with van der Waals surface area (Å²) in [6, 6.07) is 8.43. The second kappa shape index (κ2) is 6.91. The number of phenolic OH excluding ortho intramolecular Hbond substituents is 1. The van der Waals surface area contributed by atoms with Gasteiger partial charge in [0.25, 0.3) is 0 Å². The van der Waals surface area contributed by atoms with Crippen molar-refractivity contribution in [1.82, 2.24) is 0 Å². The van der Waals surface area contributed by atoms with Gasteiger partial charge in [0.15, 0.2) is 0 Å². The molecule has 4 rings (SSSR count). The van der Waals surface area contributed by atoms with Crippen LogP contribution in [-0.4, -0.2) is 10.2 Å². The van der Waals surface area contributed by atoms with Gasteiger partial charge in [-0.25, -0.2) is 0 Å². The van der Waals surface area contributed by atoms with Gasteiger partial charge in [-0.3, -0.25) is 4.79 Å². The summed E-state index contributed by atoms with van der Waals surface area (Å²) >= 11 is 0. The van der Waals surface area contributed by atoms with Gasteiger partial charge in [-0.1, -0.05) is 58.6 Å². The van der Waals surface area contributed by atoms with Crippen molar-refractivity contribution in [3.05, 3.63) is 79.0 Å². The zero-order chi connectivity index (χ0) is 21.8. The Hall–Kier alpha value is -3.27. The van der Waals surface area contributed by atoms with Gasteiger partial charge in [0.05, 0.1) is 10.4 Å². The lowest BCUT2D eigenvalue weighted by molar-refractivity contribution is 0.433. The fourth-order valence-corrected chi connectivity index (χ4v) is 4.12. The molecule has 0 aromatic heterocycles. The van der Waals surface area contributed by atoms with Crippen LogP contribution in [0, 0.1) is 22.0 Å². The Morgan fingerprint density at radius 1 is 1.20 bits per heavy atom. The largest absolute Gasteiger partial charge is 0.511 e. The van der Waals surface area contributed by atoms with Gasteiger partial charge in [-0.15, -0.1) is 0 Å². The summed E-state index contributed by atoms with van der Waals surface area (Å²) in [5.74, 6) is 0.0400. The molecule has 0 spiro atoms. The molecule has 4 heteroatoms. The lowest BCUT2D eigenvalue weighted by atomic mass is 9.78. The Labute approximate surface area is 174 Å². The van der Waals surface area contributed by atoms with Crippen molar-refractivity contribution in [2.45, 2.75) is 34.1 Å². The van der Waals surface area contributed by atoms with Gasteiger partial charge in [0.1, 0.15) is 22.3 Å². The van der Waals surface area contributed by atoms with Crippen LogP contribution in [0.25, 0.3) is 29.5 Å². The highest BCUT2D eigenvalue weighted by atomic mass is 16.3. The topological polar surface area (TPSA) is 70.7 Å². The Morgan fingerprint density at radius 2 is 1.87 bits per heavy atom. The molecule has 0 amide bonds. The van der Waals surface area contributed by atoms with E-state index in [1.54, 1.807) is 30.3 Å². The van der Waals surface area contributed by atoms with Crippen LogP contribution < -0.4 is 16.1 Å². The Kier molecular flexibility index (Phi) is 4.61. The molecule has 1 aromatic carbocycles. The highest BCUT2D eigenvalue weighted by Crippen LogP contribution is 2.32. The van der Waals surface area contributed by atoms with E-state index in [1.165, 1.54) is 0 Å². The van der Waals surface area contributed by atoms with Gasteiger partial charge in [-0.05, 0) is 41.2 Å². The second-order valence-corrected chi connectivity index (χ2v) is 9.01. The highest BCUT2D eigenvalue weighted by molar-refractivity contribution is 5.68. The SMILES string of the molecule is C=c1cc(-c2ccc(O)cc2)c2c(=O)c(=C(O)C(C)C)c3c(c=2o1)CC(C)(C)C=C3. The quantitative estimate of drug-likeness (QED) is 0.678. The fraction of sp³-hybridized carbons (Fsp3) is 0.269. The molecule has 0 saturated heterocycles. The van der Waals surface area contributed by atoms with Crippen LogP contribution in [0.1, 0.15) is 38.8 Å². The molecule has 0 fully saturated rings. The van der Waals surface area contributed by atoms with E-state index < -0.39 is 0 Å². The first-order valence-electron chi connectivity index (χ1n) is 10.1. The van der Waals surface area contributed by atoms with Crippen LogP contribution in [0.3, 0.4) is 0 Å². The van der Waals surface area contributed by atoms with E-state index >= 15 is 0 Å². The molecule has 2 aliphatic carbocycles. The summed E-state index contributed by atoms with van der Waals surface area (Å²) in [7, 11) is 0. The third-order valence-corrected chi connectivity index (χ3v) is 5.67. The smallest absolute Gasteiger partial charge is 0.201 e. The first kappa shape index (κ1) is 20.0. The molecular formula is C26H26O4. The summed E-state index contributed by atoms with van der Waals surface area (Å²) in [6.07, 6.45) is 4.68. The minimum Gasteiger partial charge on any atom is -0.511 e. The van der Waals surface area contributed by atoms with E-state index in [1.807, 2.05) is 19.9 Å². The van der Waals surface area contributed by atoms with E-state index in [-0.39, 0.29) is 28.3 Å². The number of aliphatic hydroxyl groups is 1. The molecule has 3 aliphatic rings. The predicted octanol–water partition coefficient (Wildman–Crippen LogP) is 4.07. The Bertz CT molecular complexity index is 1400. The average molecular weight is 402 g/mol. The number of benzene rings is 1. The maximum atomic E-state index is 13.7. The van der Waals surface area contributed by atoms with Crippen LogP contribution >= 0.6 is 0 Å². The van der Waals surface area contributed by atoms with E-state index in [0.717, 1.165) is 16.7 Å². The zero-order valence-corrected chi connectivity index (χ0v) is 17.7. The fourth-order valence-electron chi connectivity index (χ4n) is 4.12. The van der Waals surface area contributed by atoms with Gasteiger partial charge >= 0.3 is 0 Å². The van der Waals surface area contributed by atoms with E-state index in [0.29, 0.717) is 33.3 Å². The van der Waals surface area contributed by atoms with Crippen molar-refractivity contribution in [1.29, 1.82) is 0 Å². The highest BCUT2D eigenvalue weighted by Gasteiger charge is 2.27. The average Bonchev–Trinajstić information content (AvgIpc) is 2.67. The Morgan fingerprint density at radius 3 is 2.50 bits per heavy atom. The molecule has 0 radical (unpaired) electrons. The molecule has 1 aromatic rings. The zero-order valence-electron chi connectivity index (χ0n) is 17.7. The summed E-state index contributed by atoms with van der Waals surface area (Å²) in [5.41, 5.74) is 3.68. The number of rotatable bonds is 2. The molecule has 0 saturated carbocycles. The van der Waals surface area contributed by atoms with Crippen molar-refractivity contribution in [3.63, 3.8) is 0 Å². The number of aliphatic hydroxyl groups excluding tert-OH is 1. The van der Waals surface area contributed by atoms with Gasteiger partial charge in [0.2, 0.25) is 5.43 Å². The van der Waals surface area contributed by atoms with E-state index in [2.05, 4.69) is 26.5 Å². The lowest BCUT2D eigenvalue weighted by Gasteiger charge is -2.26. The number of hydrogen-bond acceptors (Lipinski definition) is 4. The molecule has 154 valence electrons. The molecule has 2 N–H and O–H groups in total. The van der Waals surface area contributed by atoms with Crippen LogP contribution in [0.2, 0.25) is 0 Å². The first-order valence-corrected chi connectivity index (χ1v) is 10.1. The van der Waals surface area contributed by atoms with Crippen molar-refractivity contribution in [2.24, 2.45) is 11.3 Å². The number of fused-ring (bicyclic) bond motifs is 2. The van der Waals surface area contributed by atoms with Gasteiger partial charge in [-0.2, -0.15) is 0 Å². The summed E-state index contributed by atoms with van der Waals surface area (Å²) in [5, 5.41) is 21.3. The van der Waals surface area contributed by atoms with Crippen molar-refractivity contribution in [3.8, 4) is 16.9 Å². The molecule has 1 heterocycles. The molecule has 0 bridgehead atoms. The minimum absolute atomic E-state index is 0.0814. The van der Waals surface area contributed by atoms with Crippen LogP contribution in [0.15, 0.2) is 45.6 Å². The predicted molar refractivity (Wildman–Crippen MR) is 120 cm³/mol. The number of aromatic hydroxyl groups is 1. The number of phenols is 1. The van der Waals surface area contributed by atoms with Crippen LogP contribution in [0.5, 0.6) is 5.75 Å². The molecule has 30 heavy (non-hydrogen) atoms. The third kappa shape index (κ3) is 3.22. The lowest BCUT2D eigenvalue weighted by Crippen LogP contribution is -2.36. The summed E-state index contributed by atoms with van der Waals surface area (Å²) in [6.45, 7) is 12.0. The number of allylic oxidation sites excluding steroid dienone is 1. The van der Waals surface area contributed by atoms with Crippen molar-refractivity contribution >= 4 is 18.4 Å². The summed E-state index contributed by atoms with van der Waals surface area (Å²) in [4.78, 5) is 13.7.